The SMILES string of the molecule is COC(=O)CCCCN(CCc1ccccc1OCc1ccc(CCc2ccccc2)cc1)C1CCCc2cc(C(=O)OC)ncc21. The van der Waals surface area contributed by atoms with Crippen molar-refractivity contribution in [2.45, 2.75) is 70.4 Å². The molecule has 1 heterocycles. The Labute approximate surface area is 278 Å². The zero-order valence-electron chi connectivity index (χ0n) is 27.7. The molecule has 0 aliphatic heterocycles. The number of rotatable bonds is 16. The van der Waals surface area contributed by atoms with Crippen LogP contribution in [-0.4, -0.2) is 49.1 Å². The predicted octanol–water partition coefficient (Wildman–Crippen LogP) is 7.50. The molecule has 3 aromatic carbocycles. The van der Waals surface area contributed by atoms with E-state index in [-0.39, 0.29) is 12.0 Å². The van der Waals surface area contributed by atoms with E-state index in [1.54, 1.807) is 0 Å². The van der Waals surface area contributed by atoms with Gasteiger partial charge >= 0.3 is 11.9 Å². The minimum absolute atomic E-state index is 0.174. The van der Waals surface area contributed by atoms with Crippen molar-refractivity contribution in [2.75, 3.05) is 27.3 Å². The fraction of sp³-hybridized carbons (Fsp3) is 0.375. The summed E-state index contributed by atoms with van der Waals surface area (Å²) in [7, 11) is 2.82. The van der Waals surface area contributed by atoms with Gasteiger partial charge in [0, 0.05) is 25.2 Å². The Hall–Kier alpha value is -4.49. The van der Waals surface area contributed by atoms with E-state index in [9.17, 15) is 9.59 Å². The van der Waals surface area contributed by atoms with Crippen LogP contribution in [0.5, 0.6) is 5.75 Å². The summed E-state index contributed by atoms with van der Waals surface area (Å²) >= 11 is 0. The lowest BCUT2D eigenvalue weighted by atomic mass is 9.87. The van der Waals surface area contributed by atoms with Gasteiger partial charge in [-0.1, -0.05) is 72.8 Å². The lowest BCUT2D eigenvalue weighted by Gasteiger charge is -2.36. The number of para-hydroxylation sites is 1. The molecule has 1 atom stereocenters. The van der Waals surface area contributed by atoms with Crippen molar-refractivity contribution in [2.24, 2.45) is 0 Å². The number of methoxy groups -OCH3 is 2. The molecule has 4 aromatic rings. The van der Waals surface area contributed by atoms with Crippen LogP contribution in [0.1, 0.15) is 82.0 Å². The van der Waals surface area contributed by atoms with Crippen LogP contribution in [0.25, 0.3) is 0 Å². The van der Waals surface area contributed by atoms with Crippen LogP contribution in [-0.2, 0) is 46.6 Å². The second-order valence-corrected chi connectivity index (χ2v) is 12.2. The number of aromatic nitrogens is 1. The molecule has 0 amide bonds. The first-order valence-corrected chi connectivity index (χ1v) is 16.7. The number of fused-ring (bicyclic) bond motifs is 1. The second-order valence-electron chi connectivity index (χ2n) is 12.2. The normalized spacial score (nSPS) is 14.0. The molecule has 1 aliphatic carbocycles. The van der Waals surface area contributed by atoms with Gasteiger partial charge in [-0.05, 0) is 103 Å². The van der Waals surface area contributed by atoms with Gasteiger partial charge in [0.25, 0.3) is 0 Å². The zero-order valence-corrected chi connectivity index (χ0v) is 27.7. The summed E-state index contributed by atoms with van der Waals surface area (Å²) in [5.41, 5.74) is 7.68. The number of nitrogens with zero attached hydrogens (tertiary/aromatic N) is 2. The molecule has 7 heteroatoms. The molecular weight excluding hydrogens is 588 g/mol. The van der Waals surface area contributed by atoms with Gasteiger partial charge in [-0.25, -0.2) is 9.78 Å². The molecule has 1 aliphatic rings. The monoisotopic (exact) mass is 634 g/mol. The highest BCUT2D eigenvalue weighted by molar-refractivity contribution is 5.87. The van der Waals surface area contributed by atoms with Crippen molar-refractivity contribution in [3.8, 4) is 5.75 Å². The second kappa shape index (κ2) is 17.4. The Kier molecular flexibility index (Phi) is 12.6. The number of carbonyl (C=O) groups is 2. The summed E-state index contributed by atoms with van der Waals surface area (Å²) in [4.78, 5) is 30.9. The maximum Gasteiger partial charge on any atom is 0.356 e. The van der Waals surface area contributed by atoms with Gasteiger partial charge in [0.2, 0.25) is 0 Å². The minimum atomic E-state index is -0.412. The highest BCUT2D eigenvalue weighted by atomic mass is 16.5. The number of ether oxygens (including phenoxy) is 3. The van der Waals surface area contributed by atoms with Crippen LogP contribution in [0.2, 0.25) is 0 Å². The molecule has 5 rings (SSSR count). The van der Waals surface area contributed by atoms with Crippen molar-refractivity contribution in [3.05, 3.63) is 130 Å². The Balaban J connectivity index is 1.23. The Bertz CT molecular complexity index is 1590. The van der Waals surface area contributed by atoms with Crippen LogP contribution < -0.4 is 4.74 Å². The Morgan fingerprint density at radius 1 is 0.809 bits per heavy atom. The van der Waals surface area contributed by atoms with Crippen LogP contribution in [0.4, 0.5) is 0 Å². The van der Waals surface area contributed by atoms with Crippen LogP contribution >= 0.6 is 0 Å². The van der Waals surface area contributed by atoms with Gasteiger partial charge in [-0.2, -0.15) is 0 Å². The Morgan fingerprint density at radius 3 is 2.30 bits per heavy atom. The zero-order chi connectivity index (χ0) is 32.8. The number of benzene rings is 3. The molecule has 0 radical (unpaired) electrons. The summed E-state index contributed by atoms with van der Waals surface area (Å²) in [5, 5.41) is 0. The van der Waals surface area contributed by atoms with Crippen LogP contribution in [0.15, 0.2) is 91.1 Å². The summed E-state index contributed by atoms with van der Waals surface area (Å²) in [6.07, 6.45) is 9.77. The molecule has 0 spiro atoms. The van der Waals surface area contributed by atoms with E-state index in [2.05, 4.69) is 82.7 Å². The number of hydrogen-bond acceptors (Lipinski definition) is 7. The van der Waals surface area contributed by atoms with E-state index in [0.717, 1.165) is 81.3 Å². The number of unbranched alkanes of at least 4 members (excludes halogenated alkanes) is 1. The van der Waals surface area contributed by atoms with Crippen molar-refractivity contribution >= 4 is 11.9 Å². The highest BCUT2D eigenvalue weighted by Gasteiger charge is 2.27. The maximum atomic E-state index is 12.1. The average molecular weight is 635 g/mol. The predicted molar refractivity (Wildman–Crippen MR) is 183 cm³/mol. The number of hydrogen-bond donors (Lipinski definition) is 0. The summed E-state index contributed by atoms with van der Waals surface area (Å²) in [6, 6.07) is 29.7. The van der Waals surface area contributed by atoms with Crippen molar-refractivity contribution in [1.82, 2.24) is 9.88 Å². The van der Waals surface area contributed by atoms with Gasteiger partial charge in [0.05, 0.1) is 14.2 Å². The topological polar surface area (TPSA) is 78.0 Å². The van der Waals surface area contributed by atoms with E-state index in [1.807, 2.05) is 18.3 Å². The third-order valence-electron chi connectivity index (χ3n) is 9.05. The quantitative estimate of drug-likeness (QED) is 0.0933. The smallest absolute Gasteiger partial charge is 0.356 e. The summed E-state index contributed by atoms with van der Waals surface area (Å²) < 4.78 is 16.2. The van der Waals surface area contributed by atoms with E-state index in [1.165, 1.54) is 36.5 Å². The number of aryl methyl sites for hydroxylation is 3. The maximum absolute atomic E-state index is 12.1. The first-order chi connectivity index (χ1) is 23.0. The molecule has 7 nitrogen and oxygen atoms in total. The fourth-order valence-electron chi connectivity index (χ4n) is 6.38. The lowest BCUT2D eigenvalue weighted by molar-refractivity contribution is -0.140. The molecule has 0 saturated heterocycles. The largest absolute Gasteiger partial charge is 0.489 e. The van der Waals surface area contributed by atoms with Crippen molar-refractivity contribution in [1.29, 1.82) is 0 Å². The van der Waals surface area contributed by atoms with Gasteiger partial charge in [-0.15, -0.1) is 0 Å². The summed E-state index contributed by atoms with van der Waals surface area (Å²) in [6.45, 7) is 2.19. The fourth-order valence-corrected chi connectivity index (χ4v) is 6.38. The molecule has 1 aromatic heterocycles. The molecule has 0 bridgehead atoms. The number of esters is 2. The highest BCUT2D eigenvalue weighted by Crippen LogP contribution is 2.35. The van der Waals surface area contributed by atoms with E-state index in [0.29, 0.717) is 18.7 Å². The van der Waals surface area contributed by atoms with Gasteiger partial charge in [0.15, 0.2) is 0 Å². The molecule has 0 saturated carbocycles. The van der Waals surface area contributed by atoms with Crippen LogP contribution in [0, 0.1) is 0 Å². The number of carbonyl (C=O) groups excluding carboxylic acids is 2. The van der Waals surface area contributed by atoms with Gasteiger partial charge < -0.3 is 14.2 Å². The lowest BCUT2D eigenvalue weighted by Crippen LogP contribution is -2.34. The first-order valence-electron chi connectivity index (χ1n) is 16.7. The van der Waals surface area contributed by atoms with Crippen molar-refractivity contribution in [3.63, 3.8) is 0 Å². The Morgan fingerprint density at radius 2 is 1.53 bits per heavy atom. The molecular formula is C40H46N2O5. The van der Waals surface area contributed by atoms with E-state index >= 15 is 0 Å². The first kappa shape index (κ1) is 33.9. The molecule has 1 unspecified atom stereocenters. The van der Waals surface area contributed by atoms with Gasteiger partial charge in [-0.3, -0.25) is 9.69 Å². The third kappa shape index (κ3) is 9.75. The summed E-state index contributed by atoms with van der Waals surface area (Å²) in [5.74, 6) is 0.317. The van der Waals surface area contributed by atoms with Crippen molar-refractivity contribution < 1.29 is 23.8 Å². The molecule has 246 valence electrons. The van der Waals surface area contributed by atoms with E-state index in [4.69, 9.17) is 14.2 Å². The average Bonchev–Trinajstić information content (AvgIpc) is 3.13. The third-order valence-corrected chi connectivity index (χ3v) is 9.05. The van der Waals surface area contributed by atoms with Gasteiger partial charge in [0.1, 0.15) is 18.1 Å². The molecule has 0 N–H and O–H groups in total. The standard InChI is InChI=1S/C40H46N2O5/c1-45-39(43)17-8-9-25-42(37-15-10-14-34-27-36(40(44)46-2)41-28-35(34)37)26-24-33-13-6-7-16-38(33)47-29-32-22-20-31(21-23-32)19-18-30-11-4-3-5-12-30/h3-7,11-13,16,20-23,27-28,37H,8-10,14-15,17-19,24-26,29H2,1-2H3. The molecule has 47 heavy (non-hydrogen) atoms. The van der Waals surface area contributed by atoms with E-state index < -0.39 is 5.97 Å². The van der Waals surface area contributed by atoms with Crippen LogP contribution in [0.3, 0.4) is 0 Å². The molecule has 0 fully saturated rings. The minimum Gasteiger partial charge on any atom is -0.489 e. The number of pyridine rings is 1.